The number of amides is 2. The van der Waals surface area contributed by atoms with E-state index in [1.807, 2.05) is 11.6 Å². The average molecular weight is 463 g/mol. The Balaban J connectivity index is 2.22. The molecule has 1 atom stereocenters. The van der Waals surface area contributed by atoms with Gasteiger partial charge in [-0.3, -0.25) is 14.4 Å². The molecule has 0 saturated heterocycles. The Hall–Kier alpha value is -1.28. The Kier molecular flexibility index (Phi) is 5.53. The summed E-state index contributed by atoms with van der Waals surface area (Å²) < 4.78 is 2.71. The van der Waals surface area contributed by atoms with Gasteiger partial charge in [-0.2, -0.15) is 0 Å². The smallest absolute Gasteiger partial charge is 0.246 e. The Morgan fingerprint density at radius 1 is 1.50 bits per heavy atom. The number of halogens is 3. The molecule has 2 heterocycles. The zero-order valence-corrected chi connectivity index (χ0v) is 17.6. The van der Waals surface area contributed by atoms with Crippen LogP contribution < -0.4 is 5.32 Å². The maximum atomic E-state index is 12.4. The van der Waals surface area contributed by atoms with E-state index in [1.54, 1.807) is 13.1 Å². The van der Waals surface area contributed by atoms with Gasteiger partial charge in [0.2, 0.25) is 11.8 Å². The summed E-state index contributed by atoms with van der Waals surface area (Å²) in [5.41, 5.74) is 2.52. The van der Waals surface area contributed by atoms with Crippen molar-refractivity contribution in [2.75, 3.05) is 20.7 Å². The van der Waals surface area contributed by atoms with Crippen LogP contribution >= 0.6 is 39.1 Å². The number of hydrogen-bond acceptors (Lipinski definition) is 3. The Bertz CT molecular complexity index is 913. The molecule has 26 heavy (non-hydrogen) atoms. The van der Waals surface area contributed by atoms with Gasteiger partial charge in [0.1, 0.15) is 0 Å². The summed E-state index contributed by atoms with van der Waals surface area (Å²) in [4.78, 5) is 29.6. The second-order valence-corrected chi connectivity index (χ2v) is 7.90. The largest absolute Gasteiger partial charge is 0.355 e. The number of hydroxylamine groups is 2. The minimum atomic E-state index is -0.208. The molecule has 0 bridgehead atoms. The van der Waals surface area contributed by atoms with E-state index in [4.69, 9.17) is 28.0 Å². The third kappa shape index (κ3) is 3.22. The van der Waals surface area contributed by atoms with Crippen LogP contribution in [0.25, 0.3) is 10.9 Å². The van der Waals surface area contributed by atoms with Crippen LogP contribution in [0.4, 0.5) is 0 Å². The number of carbonyl (C=O) groups is 2. The van der Waals surface area contributed by atoms with E-state index in [0.717, 1.165) is 26.6 Å². The fourth-order valence-electron chi connectivity index (χ4n) is 3.50. The van der Waals surface area contributed by atoms with Crippen LogP contribution in [-0.4, -0.2) is 42.1 Å². The van der Waals surface area contributed by atoms with Crippen LogP contribution in [-0.2, 0) is 27.9 Å². The molecule has 9 heteroatoms. The highest BCUT2D eigenvalue weighted by atomic mass is 79.9. The van der Waals surface area contributed by atoms with Crippen LogP contribution in [0.2, 0.25) is 10.0 Å². The van der Waals surface area contributed by atoms with Gasteiger partial charge in [-0.25, -0.2) is 5.06 Å². The Morgan fingerprint density at radius 3 is 2.85 bits per heavy atom. The van der Waals surface area contributed by atoms with Gasteiger partial charge in [0.25, 0.3) is 0 Å². The van der Waals surface area contributed by atoms with E-state index in [1.165, 1.54) is 12.2 Å². The zero-order chi connectivity index (χ0) is 19.2. The summed E-state index contributed by atoms with van der Waals surface area (Å²) in [6.07, 6.45) is 0.415. The first-order valence-corrected chi connectivity index (χ1v) is 9.53. The van der Waals surface area contributed by atoms with Crippen LogP contribution in [0.15, 0.2) is 10.5 Å². The van der Waals surface area contributed by atoms with Crippen LogP contribution in [0.1, 0.15) is 23.6 Å². The van der Waals surface area contributed by atoms with E-state index < -0.39 is 0 Å². The number of aromatic nitrogens is 1. The highest BCUT2D eigenvalue weighted by molar-refractivity contribution is 9.10. The van der Waals surface area contributed by atoms with Crippen LogP contribution in [0.5, 0.6) is 0 Å². The van der Waals surface area contributed by atoms with Crippen molar-refractivity contribution in [3.05, 3.63) is 31.8 Å². The van der Waals surface area contributed by atoms with Crippen molar-refractivity contribution in [2.45, 2.75) is 18.8 Å². The van der Waals surface area contributed by atoms with Gasteiger partial charge >= 0.3 is 0 Å². The standard InChI is InChI=1S/C17H18BrCl2N3O3/c1-22-16-8(4-13(25)23(2)26-3)7-21-12(24)5-9(16)14-10(18)6-11(19)15(20)17(14)22/h6,8H,4-5,7H2,1-3H3,(H,21,24). The van der Waals surface area contributed by atoms with Crippen molar-refractivity contribution >= 4 is 61.8 Å². The van der Waals surface area contributed by atoms with E-state index >= 15 is 0 Å². The molecule has 140 valence electrons. The number of benzene rings is 1. The maximum Gasteiger partial charge on any atom is 0.246 e. The number of nitrogens with one attached hydrogen (secondary N) is 1. The fourth-order valence-corrected chi connectivity index (χ4v) is 4.76. The third-order valence-electron chi connectivity index (χ3n) is 4.77. The Labute approximate surface area is 169 Å². The maximum absolute atomic E-state index is 12.4. The summed E-state index contributed by atoms with van der Waals surface area (Å²) in [7, 11) is 4.88. The van der Waals surface area contributed by atoms with Crippen molar-refractivity contribution in [3.8, 4) is 0 Å². The van der Waals surface area contributed by atoms with Crippen LogP contribution in [0.3, 0.4) is 0 Å². The second kappa shape index (κ2) is 7.38. The summed E-state index contributed by atoms with van der Waals surface area (Å²) in [6, 6.07) is 1.73. The number of fused-ring (bicyclic) bond motifs is 3. The lowest BCUT2D eigenvalue weighted by molar-refractivity contribution is -0.169. The molecule has 0 fully saturated rings. The molecule has 0 radical (unpaired) electrons. The van der Waals surface area contributed by atoms with Crippen molar-refractivity contribution in [3.63, 3.8) is 0 Å². The van der Waals surface area contributed by atoms with E-state index in [-0.39, 0.29) is 30.6 Å². The zero-order valence-electron chi connectivity index (χ0n) is 14.5. The first-order valence-electron chi connectivity index (χ1n) is 7.98. The molecule has 3 rings (SSSR count). The second-order valence-electron chi connectivity index (χ2n) is 6.26. The lowest BCUT2D eigenvalue weighted by Gasteiger charge is -2.20. The molecule has 0 aliphatic carbocycles. The molecule has 1 N–H and O–H groups in total. The molecular weight excluding hydrogens is 445 g/mol. The molecule has 0 saturated carbocycles. The van der Waals surface area contributed by atoms with E-state index in [9.17, 15) is 9.59 Å². The number of nitrogens with zero attached hydrogens (tertiary/aromatic N) is 2. The average Bonchev–Trinajstić information content (AvgIpc) is 2.77. The highest BCUT2D eigenvalue weighted by Crippen LogP contribution is 2.43. The molecule has 1 aromatic heterocycles. The number of carbonyl (C=O) groups excluding carboxylic acids is 2. The van der Waals surface area contributed by atoms with Gasteiger partial charge in [0.05, 0.1) is 29.1 Å². The van der Waals surface area contributed by atoms with Gasteiger partial charge < -0.3 is 9.88 Å². The number of rotatable bonds is 3. The molecule has 1 unspecified atom stereocenters. The van der Waals surface area contributed by atoms with Gasteiger partial charge in [-0.15, -0.1) is 0 Å². The summed E-state index contributed by atoms with van der Waals surface area (Å²) in [6.45, 7) is 0.363. The predicted octanol–water partition coefficient (Wildman–Crippen LogP) is 3.41. The minimum Gasteiger partial charge on any atom is -0.355 e. The molecule has 0 spiro atoms. The first-order chi connectivity index (χ1) is 12.3. The van der Waals surface area contributed by atoms with E-state index in [0.29, 0.717) is 16.6 Å². The topological polar surface area (TPSA) is 63.6 Å². The van der Waals surface area contributed by atoms with Gasteiger partial charge in [0.15, 0.2) is 0 Å². The molecule has 1 aliphatic heterocycles. The summed E-state index contributed by atoms with van der Waals surface area (Å²) in [5, 5.41) is 5.79. The number of hydrogen-bond donors (Lipinski definition) is 1. The minimum absolute atomic E-state index is 0.0910. The van der Waals surface area contributed by atoms with Crippen molar-refractivity contribution in [1.82, 2.24) is 14.9 Å². The monoisotopic (exact) mass is 461 g/mol. The van der Waals surface area contributed by atoms with E-state index in [2.05, 4.69) is 21.2 Å². The van der Waals surface area contributed by atoms with Crippen molar-refractivity contribution in [1.29, 1.82) is 0 Å². The third-order valence-corrected chi connectivity index (χ3v) is 6.17. The van der Waals surface area contributed by atoms with Gasteiger partial charge in [0, 0.05) is 48.5 Å². The van der Waals surface area contributed by atoms with Gasteiger partial charge in [-0.1, -0.05) is 39.1 Å². The molecule has 2 aromatic rings. The molecular formula is C17H18BrCl2N3O3. The van der Waals surface area contributed by atoms with Crippen molar-refractivity contribution in [2.24, 2.45) is 7.05 Å². The van der Waals surface area contributed by atoms with Crippen molar-refractivity contribution < 1.29 is 14.4 Å². The lowest BCUT2D eigenvalue weighted by atomic mass is 9.96. The summed E-state index contributed by atoms with van der Waals surface area (Å²) in [5.74, 6) is -0.472. The van der Waals surface area contributed by atoms with Gasteiger partial charge in [-0.05, 0) is 11.6 Å². The molecule has 6 nitrogen and oxygen atoms in total. The lowest BCUT2D eigenvalue weighted by Crippen LogP contribution is -2.31. The predicted molar refractivity (Wildman–Crippen MR) is 104 cm³/mol. The Morgan fingerprint density at radius 2 is 2.19 bits per heavy atom. The SMILES string of the molecule is CON(C)C(=O)CC1CNC(=O)Cc2c1n(C)c1c(Cl)c(Cl)cc(Br)c21. The molecule has 1 aromatic carbocycles. The normalized spacial score (nSPS) is 17.0. The highest BCUT2D eigenvalue weighted by Gasteiger charge is 2.32. The summed E-state index contributed by atoms with van der Waals surface area (Å²) >= 11 is 16.2. The number of aryl methyl sites for hydroxylation is 1. The quantitative estimate of drug-likeness (QED) is 0.561. The van der Waals surface area contributed by atoms with Crippen LogP contribution in [0, 0.1) is 0 Å². The fraction of sp³-hybridized carbons (Fsp3) is 0.412. The molecule has 1 aliphatic rings. The first kappa shape index (κ1) is 19.5. The molecule has 2 amide bonds.